The lowest BCUT2D eigenvalue weighted by Crippen LogP contribution is -2.46. The largest absolute Gasteiger partial charge is 0.468 e. The lowest BCUT2D eigenvalue weighted by Gasteiger charge is -2.28. The minimum Gasteiger partial charge on any atom is -0.468 e. The number of hydrogen-bond donors (Lipinski definition) is 0. The molecule has 5 nitrogen and oxygen atoms in total. The van der Waals surface area contributed by atoms with Crippen molar-refractivity contribution in [2.75, 3.05) is 7.11 Å². The number of ether oxygens (including phenoxy) is 1. The average Bonchev–Trinajstić information content (AvgIpc) is 3.04. The predicted octanol–water partition coefficient (Wildman–Crippen LogP) is 3.49. The first-order valence-corrected chi connectivity index (χ1v) is 9.32. The maximum atomic E-state index is 13.1. The van der Waals surface area contributed by atoms with Crippen molar-refractivity contribution in [2.45, 2.75) is 64.2 Å². The highest BCUT2D eigenvalue weighted by atomic mass is 16.5. The molecule has 1 aromatic carbocycles. The number of Topliss-reactive ketones (excluding diaryl/α,β-unsaturated/α-hetero) is 1. The molecule has 0 spiro atoms. The van der Waals surface area contributed by atoms with Crippen LogP contribution in [0.1, 0.15) is 45.1 Å². The molecule has 1 heterocycles. The highest BCUT2D eigenvalue weighted by Gasteiger charge is 2.52. The Morgan fingerprint density at radius 2 is 1.92 bits per heavy atom. The number of ketones is 1. The smallest absolute Gasteiger partial charge is 0.323 e. The number of methoxy groups -OCH3 is 1. The van der Waals surface area contributed by atoms with Gasteiger partial charge in [0.25, 0.3) is 0 Å². The van der Waals surface area contributed by atoms with Crippen LogP contribution in [0.25, 0.3) is 4.85 Å². The SMILES string of the molecule is [C-]#[N+]C1C[C@H](C(=O)OC)N(Cc2ccccc2)C1C(=O)CC(CC)CC. The summed E-state index contributed by atoms with van der Waals surface area (Å²) in [6.07, 6.45) is 2.69. The fourth-order valence-corrected chi connectivity index (χ4v) is 3.78. The van der Waals surface area contributed by atoms with E-state index in [1.54, 1.807) is 0 Å². The van der Waals surface area contributed by atoms with Crippen molar-refractivity contribution in [1.82, 2.24) is 4.90 Å². The topological polar surface area (TPSA) is 51.0 Å². The molecule has 1 aliphatic rings. The Kier molecular flexibility index (Phi) is 7.35. The summed E-state index contributed by atoms with van der Waals surface area (Å²) in [7, 11) is 1.36. The van der Waals surface area contributed by atoms with Gasteiger partial charge < -0.3 is 9.58 Å². The average molecular weight is 356 g/mol. The summed E-state index contributed by atoms with van der Waals surface area (Å²) in [5.74, 6) is 0.0269. The van der Waals surface area contributed by atoms with E-state index in [1.807, 2.05) is 35.2 Å². The summed E-state index contributed by atoms with van der Waals surface area (Å²) in [6, 6.07) is 8.17. The monoisotopic (exact) mass is 356 g/mol. The molecule has 1 fully saturated rings. The first-order chi connectivity index (χ1) is 12.5. The Morgan fingerprint density at radius 1 is 1.27 bits per heavy atom. The molecule has 1 aromatic rings. The first kappa shape index (κ1) is 20.1. The molecule has 0 amide bonds. The minimum absolute atomic E-state index is 0.0713. The van der Waals surface area contributed by atoms with Gasteiger partial charge in [0, 0.05) is 13.0 Å². The zero-order valence-electron chi connectivity index (χ0n) is 15.9. The van der Waals surface area contributed by atoms with Crippen LogP contribution in [0.15, 0.2) is 30.3 Å². The van der Waals surface area contributed by atoms with Crippen LogP contribution >= 0.6 is 0 Å². The van der Waals surface area contributed by atoms with E-state index in [1.165, 1.54) is 7.11 Å². The minimum atomic E-state index is -0.546. The number of benzene rings is 1. The number of carbonyl (C=O) groups is 2. The summed E-state index contributed by atoms with van der Waals surface area (Å²) in [5, 5.41) is 0. The lowest BCUT2D eigenvalue weighted by atomic mass is 9.92. The maximum absolute atomic E-state index is 13.1. The van der Waals surface area contributed by atoms with Gasteiger partial charge in [0.15, 0.2) is 5.78 Å². The molecule has 26 heavy (non-hydrogen) atoms. The third-order valence-electron chi connectivity index (χ3n) is 5.41. The van der Waals surface area contributed by atoms with Gasteiger partial charge in [-0.1, -0.05) is 57.0 Å². The van der Waals surface area contributed by atoms with Crippen LogP contribution in [0.5, 0.6) is 0 Å². The second-order valence-corrected chi connectivity index (χ2v) is 6.93. The van der Waals surface area contributed by atoms with Crippen LogP contribution in [0.3, 0.4) is 0 Å². The van der Waals surface area contributed by atoms with Gasteiger partial charge in [-0.15, -0.1) is 0 Å². The Hall–Kier alpha value is -2.19. The van der Waals surface area contributed by atoms with Crippen molar-refractivity contribution in [3.8, 4) is 0 Å². The molecule has 0 bridgehead atoms. The number of rotatable bonds is 8. The number of hydrogen-bond acceptors (Lipinski definition) is 4. The molecule has 1 saturated heterocycles. The van der Waals surface area contributed by atoms with Gasteiger partial charge in [-0.2, -0.15) is 0 Å². The zero-order valence-corrected chi connectivity index (χ0v) is 15.9. The molecule has 2 rings (SSSR count). The van der Waals surface area contributed by atoms with Crippen molar-refractivity contribution in [3.63, 3.8) is 0 Å². The molecule has 0 aliphatic carbocycles. The zero-order chi connectivity index (χ0) is 19.1. The van der Waals surface area contributed by atoms with Crippen LogP contribution in [0, 0.1) is 12.5 Å². The quantitative estimate of drug-likeness (QED) is 0.528. The van der Waals surface area contributed by atoms with Crippen molar-refractivity contribution >= 4 is 11.8 Å². The number of carbonyl (C=O) groups excluding carboxylic acids is 2. The number of esters is 1. The van der Waals surface area contributed by atoms with E-state index in [0.717, 1.165) is 18.4 Å². The second kappa shape index (κ2) is 9.49. The predicted molar refractivity (Wildman–Crippen MR) is 100 cm³/mol. The molecule has 0 N–H and O–H groups in total. The summed E-state index contributed by atoms with van der Waals surface area (Å²) in [5.41, 5.74) is 1.02. The third-order valence-corrected chi connectivity index (χ3v) is 5.41. The Labute approximate surface area is 156 Å². The van der Waals surface area contributed by atoms with Gasteiger partial charge in [0.1, 0.15) is 12.1 Å². The second-order valence-electron chi connectivity index (χ2n) is 6.93. The van der Waals surface area contributed by atoms with Gasteiger partial charge in [0.2, 0.25) is 6.04 Å². The summed E-state index contributed by atoms with van der Waals surface area (Å²) in [6.45, 7) is 12.2. The summed E-state index contributed by atoms with van der Waals surface area (Å²) < 4.78 is 4.95. The van der Waals surface area contributed by atoms with Crippen LogP contribution in [-0.4, -0.2) is 41.9 Å². The lowest BCUT2D eigenvalue weighted by molar-refractivity contribution is -0.147. The van der Waals surface area contributed by atoms with E-state index in [2.05, 4.69) is 18.7 Å². The van der Waals surface area contributed by atoms with E-state index >= 15 is 0 Å². The Balaban J connectivity index is 2.31. The number of nitrogens with zero attached hydrogens (tertiary/aromatic N) is 2. The molecule has 0 aromatic heterocycles. The van der Waals surface area contributed by atoms with Gasteiger partial charge in [0.05, 0.1) is 13.5 Å². The summed E-state index contributed by atoms with van der Waals surface area (Å²) >= 11 is 0. The van der Waals surface area contributed by atoms with E-state index in [-0.39, 0.29) is 11.8 Å². The van der Waals surface area contributed by atoms with E-state index in [0.29, 0.717) is 25.3 Å². The fraction of sp³-hybridized carbons (Fsp3) is 0.571. The summed E-state index contributed by atoms with van der Waals surface area (Å²) in [4.78, 5) is 30.9. The molecular formula is C21H28N2O3. The van der Waals surface area contributed by atoms with Gasteiger partial charge in [-0.05, 0) is 11.5 Å². The first-order valence-electron chi connectivity index (χ1n) is 9.32. The van der Waals surface area contributed by atoms with Crippen LogP contribution < -0.4 is 0 Å². The highest BCUT2D eigenvalue weighted by Crippen LogP contribution is 2.32. The third kappa shape index (κ3) is 4.50. The van der Waals surface area contributed by atoms with Crippen molar-refractivity contribution < 1.29 is 14.3 Å². The Morgan fingerprint density at radius 3 is 2.46 bits per heavy atom. The standard InChI is InChI=1S/C21H28N2O3/c1-5-15(6-2)12-19(24)20-17(22-3)13-18(21(25)26-4)23(20)14-16-10-8-7-9-11-16/h7-11,15,17-18,20H,5-6,12-14H2,1-2,4H3/t17?,18-,20?/m1/s1. The Bertz CT molecular complexity index is 649. The molecule has 0 saturated carbocycles. The molecule has 2 unspecified atom stereocenters. The van der Waals surface area contributed by atoms with Crippen molar-refractivity contribution in [1.29, 1.82) is 0 Å². The van der Waals surface area contributed by atoms with Gasteiger partial charge in [-0.3, -0.25) is 14.5 Å². The molecule has 1 aliphatic heterocycles. The van der Waals surface area contributed by atoms with E-state index in [4.69, 9.17) is 11.3 Å². The normalized spacial score (nSPS) is 23.0. The van der Waals surface area contributed by atoms with Crippen molar-refractivity contribution in [2.24, 2.45) is 5.92 Å². The van der Waals surface area contributed by atoms with E-state index in [9.17, 15) is 9.59 Å². The highest BCUT2D eigenvalue weighted by molar-refractivity contribution is 5.88. The number of likely N-dealkylation sites (tertiary alicyclic amines) is 1. The van der Waals surface area contributed by atoms with Gasteiger partial charge in [-0.25, -0.2) is 6.57 Å². The van der Waals surface area contributed by atoms with Gasteiger partial charge >= 0.3 is 5.97 Å². The van der Waals surface area contributed by atoms with Crippen LogP contribution in [0.4, 0.5) is 0 Å². The van der Waals surface area contributed by atoms with Crippen LogP contribution in [0.2, 0.25) is 0 Å². The maximum Gasteiger partial charge on any atom is 0.323 e. The molecule has 140 valence electrons. The van der Waals surface area contributed by atoms with E-state index < -0.39 is 18.1 Å². The van der Waals surface area contributed by atoms with Crippen LogP contribution in [-0.2, 0) is 20.9 Å². The molecule has 0 radical (unpaired) electrons. The molecule has 3 atom stereocenters. The van der Waals surface area contributed by atoms with Crippen molar-refractivity contribution in [3.05, 3.63) is 47.3 Å². The fourth-order valence-electron chi connectivity index (χ4n) is 3.78. The molecular weight excluding hydrogens is 328 g/mol. The molecule has 5 heteroatoms.